The summed E-state index contributed by atoms with van der Waals surface area (Å²) in [7, 11) is 0. The number of nitrogens with one attached hydrogen (secondary N) is 1. The number of aliphatic carboxylic acids is 1. The maximum Gasteiger partial charge on any atom is 0.317 e. The van der Waals surface area contributed by atoms with Gasteiger partial charge in [-0.15, -0.1) is 0 Å². The third-order valence-electron chi connectivity index (χ3n) is 3.06. The van der Waals surface area contributed by atoms with Gasteiger partial charge in [0.2, 0.25) is 0 Å². The molecule has 20 heavy (non-hydrogen) atoms. The van der Waals surface area contributed by atoms with E-state index in [4.69, 9.17) is 9.52 Å². The first-order valence-electron chi connectivity index (χ1n) is 6.75. The van der Waals surface area contributed by atoms with Gasteiger partial charge in [0, 0.05) is 25.0 Å². The maximum atomic E-state index is 12.1. The van der Waals surface area contributed by atoms with Gasteiger partial charge in [0.15, 0.2) is 0 Å². The Morgan fingerprint density at radius 1 is 1.45 bits per heavy atom. The smallest absolute Gasteiger partial charge is 0.317 e. The molecular formula is C14H22N2O4. The molecule has 0 saturated carbocycles. The number of carboxylic acids is 1. The van der Waals surface area contributed by atoms with Crippen molar-refractivity contribution < 1.29 is 19.1 Å². The van der Waals surface area contributed by atoms with Crippen molar-refractivity contribution in [1.82, 2.24) is 10.2 Å². The average Bonchev–Trinajstić information content (AvgIpc) is 2.81. The summed E-state index contributed by atoms with van der Waals surface area (Å²) in [4.78, 5) is 24.4. The number of amides is 2. The molecule has 0 aliphatic heterocycles. The molecule has 2 atom stereocenters. The summed E-state index contributed by atoms with van der Waals surface area (Å²) in [6.07, 6.45) is 2.13. The lowest BCUT2D eigenvalue weighted by Crippen LogP contribution is -2.48. The molecule has 6 heteroatoms. The van der Waals surface area contributed by atoms with E-state index in [9.17, 15) is 9.59 Å². The Morgan fingerprint density at radius 3 is 2.65 bits per heavy atom. The largest absolute Gasteiger partial charge is 0.481 e. The highest BCUT2D eigenvalue weighted by Gasteiger charge is 2.22. The van der Waals surface area contributed by atoms with Crippen LogP contribution in [0, 0.1) is 0 Å². The molecule has 2 unspecified atom stereocenters. The van der Waals surface area contributed by atoms with Gasteiger partial charge in [0.25, 0.3) is 0 Å². The van der Waals surface area contributed by atoms with Crippen molar-refractivity contribution in [2.24, 2.45) is 0 Å². The number of carboxylic acid groups (broad SMARTS) is 1. The van der Waals surface area contributed by atoms with E-state index in [1.807, 2.05) is 19.9 Å². The fourth-order valence-corrected chi connectivity index (χ4v) is 2.09. The number of carbonyl (C=O) groups is 2. The summed E-state index contributed by atoms with van der Waals surface area (Å²) in [6, 6.07) is 2.98. The van der Waals surface area contributed by atoms with E-state index in [1.165, 1.54) is 4.90 Å². The van der Waals surface area contributed by atoms with E-state index in [0.717, 1.165) is 5.76 Å². The van der Waals surface area contributed by atoms with Crippen LogP contribution < -0.4 is 5.32 Å². The van der Waals surface area contributed by atoms with Gasteiger partial charge in [-0.1, -0.05) is 0 Å². The molecule has 112 valence electrons. The van der Waals surface area contributed by atoms with Crippen molar-refractivity contribution in [1.29, 1.82) is 0 Å². The van der Waals surface area contributed by atoms with Gasteiger partial charge < -0.3 is 19.7 Å². The lowest BCUT2D eigenvalue weighted by atomic mass is 10.2. The molecule has 0 aliphatic carbocycles. The van der Waals surface area contributed by atoms with E-state index < -0.39 is 5.97 Å². The van der Waals surface area contributed by atoms with Crippen molar-refractivity contribution >= 4 is 12.0 Å². The van der Waals surface area contributed by atoms with Crippen LogP contribution in [0.25, 0.3) is 0 Å². The standard InChI is InChI=1S/C14H22N2O4/c1-4-16(11(3)9-13(17)18)14(19)15-10(2)8-12-6-5-7-20-12/h5-7,10-11H,4,8-9H2,1-3H3,(H,15,19)(H,17,18). The monoisotopic (exact) mass is 282 g/mol. The van der Waals surface area contributed by atoms with Crippen LogP contribution in [0.2, 0.25) is 0 Å². The zero-order valence-corrected chi connectivity index (χ0v) is 12.1. The third-order valence-corrected chi connectivity index (χ3v) is 3.06. The van der Waals surface area contributed by atoms with Crippen LogP contribution in [0.4, 0.5) is 4.79 Å². The number of hydrogen-bond acceptors (Lipinski definition) is 3. The fraction of sp³-hybridized carbons (Fsp3) is 0.571. The number of hydrogen-bond donors (Lipinski definition) is 2. The summed E-state index contributed by atoms with van der Waals surface area (Å²) in [5, 5.41) is 11.6. The number of furan rings is 1. The summed E-state index contributed by atoms with van der Waals surface area (Å²) in [6.45, 7) is 5.91. The fourth-order valence-electron chi connectivity index (χ4n) is 2.09. The van der Waals surface area contributed by atoms with Crippen molar-refractivity contribution in [3.05, 3.63) is 24.2 Å². The number of rotatable bonds is 7. The Hall–Kier alpha value is -1.98. The summed E-state index contributed by atoms with van der Waals surface area (Å²) in [5.41, 5.74) is 0. The SMILES string of the molecule is CCN(C(=O)NC(C)Cc1ccco1)C(C)CC(=O)O. The first kappa shape index (κ1) is 16.1. The molecule has 2 amide bonds. The van der Waals surface area contributed by atoms with E-state index >= 15 is 0 Å². The van der Waals surface area contributed by atoms with Crippen LogP contribution in [0.5, 0.6) is 0 Å². The third kappa shape index (κ3) is 4.95. The van der Waals surface area contributed by atoms with E-state index in [2.05, 4.69) is 5.32 Å². The van der Waals surface area contributed by atoms with E-state index in [0.29, 0.717) is 13.0 Å². The normalized spacial score (nSPS) is 13.6. The van der Waals surface area contributed by atoms with Crippen LogP contribution in [0.1, 0.15) is 33.0 Å². The number of carbonyl (C=O) groups excluding carboxylic acids is 1. The van der Waals surface area contributed by atoms with Crippen molar-refractivity contribution in [3.63, 3.8) is 0 Å². The molecule has 0 aromatic carbocycles. The molecule has 2 N–H and O–H groups in total. The van der Waals surface area contributed by atoms with E-state index in [1.54, 1.807) is 19.3 Å². The summed E-state index contributed by atoms with van der Waals surface area (Å²) < 4.78 is 5.23. The molecule has 0 spiro atoms. The van der Waals surface area contributed by atoms with Gasteiger partial charge in [0.1, 0.15) is 5.76 Å². The topological polar surface area (TPSA) is 82.8 Å². The molecule has 0 bridgehead atoms. The zero-order valence-electron chi connectivity index (χ0n) is 12.1. The highest BCUT2D eigenvalue weighted by Crippen LogP contribution is 2.07. The Labute approximate surface area is 118 Å². The molecule has 6 nitrogen and oxygen atoms in total. The average molecular weight is 282 g/mol. The maximum absolute atomic E-state index is 12.1. The number of urea groups is 1. The van der Waals surface area contributed by atoms with Crippen molar-refractivity contribution in [3.8, 4) is 0 Å². The molecule has 0 saturated heterocycles. The Morgan fingerprint density at radius 2 is 2.15 bits per heavy atom. The Bertz CT molecular complexity index is 430. The molecular weight excluding hydrogens is 260 g/mol. The minimum atomic E-state index is -0.910. The molecule has 1 heterocycles. The summed E-state index contributed by atoms with van der Waals surface area (Å²) in [5.74, 6) is -0.105. The van der Waals surface area contributed by atoms with Gasteiger partial charge in [-0.2, -0.15) is 0 Å². The second kappa shape index (κ2) is 7.57. The molecule has 1 aromatic heterocycles. The minimum Gasteiger partial charge on any atom is -0.481 e. The quantitative estimate of drug-likeness (QED) is 0.802. The van der Waals surface area contributed by atoms with Gasteiger partial charge in [-0.05, 0) is 32.9 Å². The van der Waals surface area contributed by atoms with Crippen LogP contribution in [-0.2, 0) is 11.2 Å². The highest BCUT2D eigenvalue weighted by atomic mass is 16.4. The van der Waals surface area contributed by atoms with Crippen molar-refractivity contribution in [2.75, 3.05) is 6.54 Å². The predicted octanol–water partition coefficient (Wildman–Crippen LogP) is 2.11. The molecule has 0 fully saturated rings. The lowest BCUT2D eigenvalue weighted by Gasteiger charge is -2.28. The second-order valence-electron chi connectivity index (χ2n) is 4.87. The molecule has 1 rings (SSSR count). The van der Waals surface area contributed by atoms with E-state index in [-0.39, 0.29) is 24.5 Å². The van der Waals surface area contributed by atoms with Gasteiger partial charge in [-0.3, -0.25) is 4.79 Å². The number of nitrogens with zero attached hydrogens (tertiary/aromatic N) is 1. The Balaban J connectivity index is 2.51. The van der Waals surface area contributed by atoms with Crippen LogP contribution >= 0.6 is 0 Å². The molecule has 1 aromatic rings. The van der Waals surface area contributed by atoms with Crippen LogP contribution in [0.3, 0.4) is 0 Å². The predicted molar refractivity (Wildman–Crippen MR) is 74.5 cm³/mol. The minimum absolute atomic E-state index is 0.0617. The molecule has 0 radical (unpaired) electrons. The molecule has 0 aliphatic rings. The lowest BCUT2D eigenvalue weighted by molar-refractivity contribution is -0.138. The van der Waals surface area contributed by atoms with Crippen LogP contribution in [0.15, 0.2) is 22.8 Å². The van der Waals surface area contributed by atoms with Gasteiger partial charge >= 0.3 is 12.0 Å². The first-order chi connectivity index (χ1) is 9.43. The zero-order chi connectivity index (χ0) is 15.1. The Kier molecular flexibility index (Phi) is 6.09. The highest BCUT2D eigenvalue weighted by molar-refractivity contribution is 5.76. The second-order valence-corrected chi connectivity index (χ2v) is 4.87. The van der Waals surface area contributed by atoms with Gasteiger partial charge in [0.05, 0.1) is 12.7 Å². The van der Waals surface area contributed by atoms with Gasteiger partial charge in [-0.25, -0.2) is 4.79 Å². The summed E-state index contributed by atoms with van der Waals surface area (Å²) >= 11 is 0. The first-order valence-corrected chi connectivity index (χ1v) is 6.75. The van der Waals surface area contributed by atoms with Crippen LogP contribution in [-0.4, -0.2) is 40.6 Å². The van der Waals surface area contributed by atoms with Crippen molar-refractivity contribution in [2.45, 2.75) is 45.7 Å².